The van der Waals surface area contributed by atoms with E-state index in [1.54, 1.807) is 12.1 Å². The highest BCUT2D eigenvalue weighted by Crippen LogP contribution is 2.28. The SMILES string of the molecule is COc1cc2nc(O)cnc2cc1Cl. The van der Waals surface area contributed by atoms with Crippen molar-refractivity contribution in [3.8, 4) is 11.6 Å². The molecular weight excluding hydrogens is 204 g/mol. The van der Waals surface area contributed by atoms with Crippen molar-refractivity contribution in [3.05, 3.63) is 23.4 Å². The number of fused-ring (bicyclic) bond motifs is 1. The van der Waals surface area contributed by atoms with Crippen molar-refractivity contribution < 1.29 is 9.84 Å². The van der Waals surface area contributed by atoms with E-state index < -0.39 is 0 Å². The van der Waals surface area contributed by atoms with E-state index in [1.165, 1.54) is 13.3 Å². The summed E-state index contributed by atoms with van der Waals surface area (Å²) in [7, 11) is 1.52. The lowest BCUT2D eigenvalue weighted by molar-refractivity contribution is 0.415. The van der Waals surface area contributed by atoms with Crippen LogP contribution in [0.3, 0.4) is 0 Å². The largest absolute Gasteiger partial charge is 0.495 e. The molecule has 0 unspecified atom stereocenters. The Morgan fingerprint density at radius 1 is 1.36 bits per heavy atom. The fourth-order valence-corrected chi connectivity index (χ4v) is 1.40. The van der Waals surface area contributed by atoms with Crippen molar-refractivity contribution in [2.75, 3.05) is 7.11 Å². The second-order valence-electron chi connectivity index (χ2n) is 2.70. The minimum absolute atomic E-state index is 0.123. The zero-order valence-corrected chi connectivity index (χ0v) is 8.12. The van der Waals surface area contributed by atoms with Crippen LogP contribution in [-0.4, -0.2) is 22.2 Å². The maximum atomic E-state index is 9.12. The van der Waals surface area contributed by atoms with E-state index in [0.29, 0.717) is 21.8 Å². The molecule has 0 amide bonds. The topological polar surface area (TPSA) is 55.2 Å². The van der Waals surface area contributed by atoms with Crippen LogP contribution in [-0.2, 0) is 0 Å². The lowest BCUT2D eigenvalue weighted by Crippen LogP contribution is -1.88. The van der Waals surface area contributed by atoms with E-state index in [0.717, 1.165) is 0 Å². The first-order valence-electron chi connectivity index (χ1n) is 3.90. The van der Waals surface area contributed by atoms with E-state index in [4.69, 9.17) is 21.4 Å². The average Bonchev–Trinajstić information content (AvgIpc) is 2.17. The van der Waals surface area contributed by atoms with Gasteiger partial charge in [-0.1, -0.05) is 11.6 Å². The van der Waals surface area contributed by atoms with Crippen molar-refractivity contribution in [2.45, 2.75) is 0 Å². The van der Waals surface area contributed by atoms with Crippen LogP contribution in [0.15, 0.2) is 18.3 Å². The summed E-state index contributed by atoms with van der Waals surface area (Å²) >= 11 is 5.89. The molecule has 4 nitrogen and oxygen atoms in total. The van der Waals surface area contributed by atoms with Gasteiger partial charge in [0.25, 0.3) is 0 Å². The summed E-state index contributed by atoms with van der Waals surface area (Å²) in [6, 6.07) is 3.27. The number of benzene rings is 1. The molecule has 0 bridgehead atoms. The third kappa shape index (κ3) is 1.44. The zero-order chi connectivity index (χ0) is 10.1. The van der Waals surface area contributed by atoms with Crippen LogP contribution in [0.2, 0.25) is 5.02 Å². The predicted octanol–water partition coefficient (Wildman–Crippen LogP) is 2.00. The monoisotopic (exact) mass is 210 g/mol. The van der Waals surface area contributed by atoms with Gasteiger partial charge in [0, 0.05) is 6.07 Å². The molecular formula is C9H7ClN2O2. The first-order valence-corrected chi connectivity index (χ1v) is 4.28. The number of hydrogen-bond acceptors (Lipinski definition) is 4. The Morgan fingerprint density at radius 2 is 2.14 bits per heavy atom. The number of nitrogens with zero attached hydrogens (tertiary/aromatic N) is 2. The van der Waals surface area contributed by atoms with Gasteiger partial charge in [-0.25, -0.2) is 9.97 Å². The third-order valence-corrected chi connectivity index (χ3v) is 2.10. The summed E-state index contributed by atoms with van der Waals surface area (Å²) in [5.41, 5.74) is 1.17. The van der Waals surface area contributed by atoms with Crippen LogP contribution >= 0.6 is 11.6 Å². The highest BCUT2D eigenvalue weighted by molar-refractivity contribution is 6.32. The van der Waals surface area contributed by atoms with Crippen LogP contribution in [0.1, 0.15) is 0 Å². The Bertz CT molecular complexity index is 487. The molecule has 0 saturated heterocycles. The van der Waals surface area contributed by atoms with Crippen molar-refractivity contribution in [1.29, 1.82) is 0 Å². The van der Waals surface area contributed by atoms with E-state index in [1.807, 2.05) is 0 Å². The molecule has 0 fully saturated rings. The van der Waals surface area contributed by atoms with Gasteiger partial charge < -0.3 is 9.84 Å². The average molecular weight is 211 g/mol. The molecule has 0 saturated carbocycles. The predicted molar refractivity (Wildman–Crippen MR) is 52.8 cm³/mol. The molecule has 0 aliphatic heterocycles. The van der Waals surface area contributed by atoms with Gasteiger partial charge in [0.2, 0.25) is 5.88 Å². The van der Waals surface area contributed by atoms with Gasteiger partial charge >= 0.3 is 0 Å². The first kappa shape index (κ1) is 9.02. The van der Waals surface area contributed by atoms with E-state index in [2.05, 4.69) is 9.97 Å². The van der Waals surface area contributed by atoms with Gasteiger partial charge in [-0.05, 0) is 6.07 Å². The van der Waals surface area contributed by atoms with Crippen molar-refractivity contribution in [2.24, 2.45) is 0 Å². The molecule has 0 spiro atoms. The van der Waals surface area contributed by atoms with Gasteiger partial charge in [0.1, 0.15) is 5.75 Å². The normalized spacial score (nSPS) is 10.4. The number of halogens is 1. The number of aromatic nitrogens is 2. The molecule has 1 aromatic heterocycles. The van der Waals surface area contributed by atoms with Crippen molar-refractivity contribution >= 4 is 22.6 Å². The summed E-state index contributed by atoms with van der Waals surface area (Å²) in [6.45, 7) is 0. The Hall–Kier alpha value is -1.55. The van der Waals surface area contributed by atoms with E-state index >= 15 is 0 Å². The molecule has 0 aliphatic rings. The second kappa shape index (κ2) is 3.31. The molecule has 0 aliphatic carbocycles. The van der Waals surface area contributed by atoms with Gasteiger partial charge in [-0.15, -0.1) is 0 Å². The third-order valence-electron chi connectivity index (χ3n) is 1.80. The molecule has 72 valence electrons. The molecule has 0 radical (unpaired) electrons. The minimum atomic E-state index is -0.123. The number of rotatable bonds is 1. The van der Waals surface area contributed by atoms with Gasteiger partial charge in [-0.2, -0.15) is 0 Å². The quantitative estimate of drug-likeness (QED) is 0.782. The maximum absolute atomic E-state index is 9.12. The van der Waals surface area contributed by atoms with Crippen LogP contribution in [0.5, 0.6) is 11.6 Å². The Kier molecular flexibility index (Phi) is 2.13. The molecule has 5 heteroatoms. The summed E-state index contributed by atoms with van der Waals surface area (Å²) in [5, 5.41) is 9.59. The Labute approximate surface area is 85.1 Å². The number of hydrogen-bond donors (Lipinski definition) is 1. The van der Waals surface area contributed by atoms with Crippen LogP contribution in [0, 0.1) is 0 Å². The smallest absolute Gasteiger partial charge is 0.230 e. The highest BCUT2D eigenvalue weighted by atomic mass is 35.5. The highest BCUT2D eigenvalue weighted by Gasteiger charge is 2.05. The summed E-state index contributed by atoms with van der Waals surface area (Å²) in [5.74, 6) is 0.390. The van der Waals surface area contributed by atoms with Gasteiger partial charge in [-0.3, -0.25) is 0 Å². The van der Waals surface area contributed by atoms with Crippen molar-refractivity contribution in [1.82, 2.24) is 9.97 Å². The summed E-state index contributed by atoms with van der Waals surface area (Å²) in [4.78, 5) is 7.84. The lowest BCUT2D eigenvalue weighted by Gasteiger charge is -2.03. The van der Waals surface area contributed by atoms with Gasteiger partial charge in [0.05, 0.1) is 29.4 Å². The van der Waals surface area contributed by atoms with Crippen LogP contribution in [0.25, 0.3) is 11.0 Å². The second-order valence-corrected chi connectivity index (χ2v) is 3.11. The fraction of sp³-hybridized carbons (Fsp3) is 0.111. The van der Waals surface area contributed by atoms with Crippen LogP contribution < -0.4 is 4.74 Å². The standard InChI is InChI=1S/C9H7ClN2O2/c1-14-8-3-7-6(2-5(8)10)11-4-9(13)12-7/h2-4H,1H3,(H,12,13). The zero-order valence-electron chi connectivity index (χ0n) is 7.36. The summed E-state index contributed by atoms with van der Waals surface area (Å²) in [6.07, 6.45) is 1.27. The number of methoxy groups -OCH3 is 1. The molecule has 2 aromatic rings. The van der Waals surface area contributed by atoms with Crippen LogP contribution in [0.4, 0.5) is 0 Å². The number of aromatic hydroxyl groups is 1. The maximum Gasteiger partial charge on any atom is 0.230 e. The van der Waals surface area contributed by atoms with E-state index in [9.17, 15) is 0 Å². The lowest BCUT2D eigenvalue weighted by atomic mass is 10.3. The first-order chi connectivity index (χ1) is 6.70. The molecule has 1 N–H and O–H groups in total. The van der Waals surface area contributed by atoms with Crippen molar-refractivity contribution in [3.63, 3.8) is 0 Å². The molecule has 1 heterocycles. The fourth-order valence-electron chi connectivity index (χ4n) is 1.16. The summed E-state index contributed by atoms with van der Waals surface area (Å²) < 4.78 is 5.01. The Morgan fingerprint density at radius 3 is 2.86 bits per heavy atom. The molecule has 1 aromatic carbocycles. The molecule has 2 rings (SSSR count). The number of ether oxygens (including phenoxy) is 1. The minimum Gasteiger partial charge on any atom is -0.495 e. The Balaban J connectivity index is 2.73. The van der Waals surface area contributed by atoms with Gasteiger partial charge in [0.15, 0.2) is 0 Å². The molecule has 14 heavy (non-hydrogen) atoms. The molecule has 0 atom stereocenters. The van der Waals surface area contributed by atoms with E-state index in [-0.39, 0.29) is 5.88 Å².